The lowest BCUT2D eigenvalue weighted by Gasteiger charge is -2.06. The van der Waals surface area contributed by atoms with Gasteiger partial charge in [-0.25, -0.2) is 13.4 Å². The smallest absolute Gasteiger partial charge is 0.175 e. The Morgan fingerprint density at radius 2 is 1.86 bits per heavy atom. The summed E-state index contributed by atoms with van der Waals surface area (Å²) < 4.78 is 22.8. The van der Waals surface area contributed by atoms with Gasteiger partial charge in [0.25, 0.3) is 0 Å². The molecule has 0 aliphatic carbocycles. The Balaban J connectivity index is 1.72. The molecule has 2 aromatic heterocycles. The maximum absolute atomic E-state index is 11.4. The van der Waals surface area contributed by atoms with Gasteiger partial charge in [-0.15, -0.1) is 0 Å². The number of anilines is 1. The van der Waals surface area contributed by atoms with Crippen LogP contribution in [0, 0.1) is 0 Å². The third-order valence-electron chi connectivity index (χ3n) is 3.23. The third kappa shape index (κ3) is 3.05. The van der Waals surface area contributed by atoms with Crippen molar-refractivity contribution >= 4 is 26.7 Å². The van der Waals surface area contributed by atoms with Crippen LogP contribution in [0.3, 0.4) is 0 Å². The van der Waals surface area contributed by atoms with Crippen molar-refractivity contribution in [2.75, 3.05) is 11.6 Å². The molecule has 1 aromatic carbocycles. The van der Waals surface area contributed by atoms with Gasteiger partial charge in [-0.1, -0.05) is 12.1 Å². The average Bonchev–Trinajstić information content (AvgIpc) is 2.92. The molecule has 3 aromatic rings. The predicted molar refractivity (Wildman–Crippen MR) is 83.0 cm³/mol. The van der Waals surface area contributed by atoms with E-state index in [1.807, 2.05) is 24.4 Å². The number of hydrogen-bond donors (Lipinski definition) is 2. The molecule has 2 N–H and O–H groups in total. The Hall–Kier alpha value is -2.34. The molecule has 108 valence electrons. The molecule has 0 amide bonds. The van der Waals surface area contributed by atoms with Crippen LogP contribution in [0.2, 0.25) is 0 Å². The first-order valence-electron chi connectivity index (χ1n) is 6.49. The van der Waals surface area contributed by atoms with Crippen molar-refractivity contribution < 1.29 is 8.42 Å². The number of fused-ring (bicyclic) bond motifs is 1. The standard InChI is InChI=1S/C15H15N3O2S/c1-21(19,20)13-5-2-11(3-6-13)10-17-14-7-4-12-8-9-16-15(12)18-14/h2-9H,10H2,1H3,(H2,16,17,18). The van der Waals surface area contributed by atoms with Gasteiger partial charge >= 0.3 is 0 Å². The second kappa shape index (κ2) is 5.21. The van der Waals surface area contributed by atoms with Gasteiger partial charge in [0.05, 0.1) is 4.90 Å². The summed E-state index contributed by atoms with van der Waals surface area (Å²) in [7, 11) is -3.14. The SMILES string of the molecule is CS(=O)(=O)c1ccc(CNc2ccc3cc[nH]c3n2)cc1. The zero-order valence-corrected chi connectivity index (χ0v) is 12.3. The summed E-state index contributed by atoms with van der Waals surface area (Å²) in [6, 6.07) is 12.7. The molecule has 0 saturated heterocycles. The van der Waals surface area contributed by atoms with Crippen molar-refractivity contribution in [1.82, 2.24) is 9.97 Å². The highest BCUT2D eigenvalue weighted by molar-refractivity contribution is 7.90. The molecule has 5 nitrogen and oxygen atoms in total. The fourth-order valence-corrected chi connectivity index (χ4v) is 2.71. The van der Waals surface area contributed by atoms with Crippen LogP contribution in [0.1, 0.15) is 5.56 Å². The summed E-state index contributed by atoms with van der Waals surface area (Å²) in [4.78, 5) is 7.84. The molecule has 0 bridgehead atoms. The third-order valence-corrected chi connectivity index (χ3v) is 4.36. The minimum atomic E-state index is -3.14. The summed E-state index contributed by atoms with van der Waals surface area (Å²) in [5.41, 5.74) is 1.84. The summed E-state index contributed by atoms with van der Waals surface area (Å²) in [5.74, 6) is 0.775. The van der Waals surface area contributed by atoms with E-state index in [9.17, 15) is 8.42 Å². The lowest BCUT2D eigenvalue weighted by Crippen LogP contribution is -2.02. The summed E-state index contributed by atoms with van der Waals surface area (Å²) >= 11 is 0. The zero-order chi connectivity index (χ0) is 14.9. The monoisotopic (exact) mass is 301 g/mol. The van der Waals surface area contributed by atoms with Gasteiger partial charge in [-0.3, -0.25) is 0 Å². The van der Waals surface area contributed by atoms with Crippen LogP contribution in [0.15, 0.2) is 53.6 Å². The van der Waals surface area contributed by atoms with Crippen LogP contribution in [0.5, 0.6) is 0 Å². The Bertz CT molecular complexity index is 867. The van der Waals surface area contributed by atoms with Gasteiger partial charge in [0.15, 0.2) is 9.84 Å². The molecule has 0 radical (unpaired) electrons. The first-order valence-corrected chi connectivity index (χ1v) is 8.38. The molecule has 21 heavy (non-hydrogen) atoms. The highest BCUT2D eigenvalue weighted by atomic mass is 32.2. The number of hydrogen-bond acceptors (Lipinski definition) is 4. The number of rotatable bonds is 4. The lowest BCUT2D eigenvalue weighted by molar-refractivity contribution is 0.602. The topological polar surface area (TPSA) is 74.8 Å². The molecule has 6 heteroatoms. The number of aromatic amines is 1. The average molecular weight is 301 g/mol. The molecule has 0 aliphatic rings. The van der Waals surface area contributed by atoms with Crippen LogP contribution >= 0.6 is 0 Å². The minimum absolute atomic E-state index is 0.331. The van der Waals surface area contributed by atoms with E-state index >= 15 is 0 Å². The largest absolute Gasteiger partial charge is 0.366 e. The van der Waals surface area contributed by atoms with Gasteiger partial charge in [0.2, 0.25) is 0 Å². The maximum Gasteiger partial charge on any atom is 0.175 e. The Kier molecular flexibility index (Phi) is 3.39. The van der Waals surface area contributed by atoms with E-state index in [0.29, 0.717) is 11.4 Å². The first-order chi connectivity index (χ1) is 10.0. The van der Waals surface area contributed by atoms with E-state index in [-0.39, 0.29) is 0 Å². The van der Waals surface area contributed by atoms with Gasteiger partial charge in [0, 0.05) is 24.4 Å². The van der Waals surface area contributed by atoms with E-state index in [2.05, 4.69) is 15.3 Å². The van der Waals surface area contributed by atoms with Crippen LogP contribution in [-0.4, -0.2) is 24.6 Å². The van der Waals surface area contributed by atoms with Crippen molar-refractivity contribution in [3.8, 4) is 0 Å². The molecule has 0 atom stereocenters. The van der Waals surface area contributed by atoms with Gasteiger partial charge in [-0.05, 0) is 35.9 Å². The van der Waals surface area contributed by atoms with Crippen molar-refractivity contribution in [3.63, 3.8) is 0 Å². The van der Waals surface area contributed by atoms with Crippen LogP contribution in [-0.2, 0) is 16.4 Å². The molecular formula is C15H15N3O2S. The number of benzene rings is 1. The summed E-state index contributed by atoms with van der Waals surface area (Å²) in [5, 5.41) is 4.29. The number of aromatic nitrogens is 2. The fraction of sp³-hybridized carbons (Fsp3) is 0.133. The van der Waals surface area contributed by atoms with Crippen LogP contribution in [0.4, 0.5) is 5.82 Å². The second-order valence-corrected chi connectivity index (χ2v) is 6.90. The molecular weight excluding hydrogens is 286 g/mol. The number of nitrogens with zero attached hydrogens (tertiary/aromatic N) is 1. The summed E-state index contributed by atoms with van der Waals surface area (Å²) in [6.45, 7) is 0.587. The highest BCUT2D eigenvalue weighted by Crippen LogP contribution is 2.15. The van der Waals surface area contributed by atoms with E-state index in [1.54, 1.807) is 24.3 Å². The fourth-order valence-electron chi connectivity index (χ4n) is 2.08. The molecule has 0 saturated carbocycles. The maximum atomic E-state index is 11.4. The first kappa shape index (κ1) is 13.6. The van der Waals surface area contributed by atoms with E-state index in [4.69, 9.17) is 0 Å². The molecule has 2 heterocycles. The second-order valence-electron chi connectivity index (χ2n) is 4.88. The number of pyridine rings is 1. The van der Waals surface area contributed by atoms with Crippen LogP contribution in [0.25, 0.3) is 11.0 Å². The predicted octanol–water partition coefficient (Wildman–Crippen LogP) is 2.58. The molecule has 3 rings (SSSR count). The van der Waals surface area contributed by atoms with Gasteiger partial charge in [0.1, 0.15) is 11.5 Å². The minimum Gasteiger partial charge on any atom is -0.366 e. The zero-order valence-electron chi connectivity index (χ0n) is 11.5. The molecule has 0 aliphatic heterocycles. The normalized spacial score (nSPS) is 11.7. The highest BCUT2D eigenvalue weighted by Gasteiger charge is 2.06. The van der Waals surface area contributed by atoms with E-state index in [0.717, 1.165) is 22.4 Å². The van der Waals surface area contributed by atoms with Crippen molar-refractivity contribution in [2.45, 2.75) is 11.4 Å². The molecule has 0 unspecified atom stereocenters. The quantitative estimate of drug-likeness (QED) is 0.776. The molecule has 0 spiro atoms. The van der Waals surface area contributed by atoms with Crippen molar-refractivity contribution in [3.05, 3.63) is 54.2 Å². The van der Waals surface area contributed by atoms with Gasteiger partial charge in [-0.2, -0.15) is 0 Å². The lowest BCUT2D eigenvalue weighted by atomic mass is 10.2. The van der Waals surface area contributed by atoms with E-state index < -0.39 is 9.84 Å². The number of nitrogens with one attached hydrogen (secondary N) is 2. The Morgan fingerprint density at radius 3 is 2.57 bits per heavy atom. The summed E-state index contributed by atoms with van der Waals surface area (Å²) in [6.07, 6.45) is 3.06. The Labute approximate surface area is 123 Å². The van der Waals surface area contributed by atoms with Crippen molar-refractivity contribution in [2.24, 2.45) is 0 Å². The molecule has 0 fully saturated rings. The van der Waals surface area contributed by atoms with Gasteiger partial charge < -0.3 is 10.3 Å². The van der Waals surface area contributed by atoms with Crippen molar-refractivity contribution in [1.29, 1.82) is 0 Å². The number of H-pyrrole nitrogens is 1. The Morgan fingerprint density at radius 1 is 1.10 bits per heavy atom. The van der Waals surface area contributed by atoms with E-state index in [1.165, 1.54) is 6.26 Å². The number of sulfone groups is 1. The van der Waals surface area contributed by atoms with Crippen LogP contribution < -0.4 is 5.32 Å².